The number of ether oxygens (including phenoxy) is 2. The first-order valence-corrected chi connectivity index (χ1v) is 15.2. The summed E-state index contributed by atoms with van der Waals surface area (Å²) < 4.78 is 52.8. The van der Waals surface area contributed by atoms with E-state index >= 15 is 0 Å². The van der Waals surface area contributed by atoms with Gasteiger partial charge in [0.05, 0.1) is 19.5 Å². The van der Waals surface area contributed by atoms with Gasteiger partial charge < -0.3 is 50.1 Å². The lowest BCUT2D eigenvalue weighted by Gasteiger charge is -2.21. The van der Waals surface area contributed by atoms with Crippen molar-refractivity contribution in [2.24, 2.45) is 5.73 Å². The molecule has 0 radical (unpaired) electrons. The molecule has 9 N–H and O–H groups in total. The molecule has 20 heteroatoms. The van der Waals surface area contributed by atoms with Gasteiger partial charge in [-0.15, -0.1) is 0 Å². The van der Waals surface area contributed by atoms with E-state index in [1.54, 1.807) is 0 Å². The molecule has 1 aliphatic heterocycles. The Morgan fingerprint density at radius 2 is 1.82 bits per heavy atom. The summed E-state index contributed by atoms with van der Waals surface area (Å²) in [5, 5.41) is 10.7. The van der Waals surface area contributed by atoms with Crippen LogP contribution in [0.1, 0.15) is 6.23 Å². The van der Waals surface area contributed by atoms with Gasteiger partial charge in [0, 0.05) is 6.54 Å². The van der Waals surface area contributed by atoms with E-state index in [0.29, 0.717) is 0 Å². The van der Waals surface area contributed by atoms with Crippen molar-refractivity contribution >= 4 is 39.5 Å². The van der Waals surface area contributed by atoms with Gasteiger partial charge in [0.2, 0.25) is 7.37 Å². The van der Waals surface area contributed by atoms with E-state index in [-0.39, 0.29) is 30.1 Å². The molecule has 0 saturated carbocycles. The van der Waals surface area contributed by atoms with E-state index in [9.17, 15) is 28.6 Å². The van der Waals surface area contributed by atoms with Gasteiger partial charge in [-0.3, -0.25) is 18.3 Å². The average Bonchev–Trinajstić information content (AvgIpc) is 3.24. The van der Waals surface area contributed by atoms with Gasteiger partial charge in [0.1, 0.15) is 42.0 Å². The number of nitrogen functional groups attached to an aromatic ring is 1. The molecule has 0 aliphatic carbocycles. The Balaban J connectivity index is 1.76. The summed E-state index contributed by atoms with van der Waals surface area (Å²) >= 11 is 0. The summed E-state index contributed by atoms with van der Waals surface area (Å²) in [4.78, 5) is 49.4. The van der Waals surface area contributed by atoms with E-state index in [4.69, 9.17) is 35.3 Å². The predicted octanol–water partition coefficient (Wildman–Crippen LogP) is -1.42. The molecule has 1 fully saturated rings. The van der Waals surface area contributed by atoms with Gasteiger partial charge in [-0.25, -0.2) is 15.0 Å². The van der Waals surface area contributed by atoms with Gasteiger partial charge >= 0.3 is 15.2 Å². The number of nitrogens with zero attached hydrogens (tertiary/aromatic N) is 4. The number of aromatic nitrogens is 4. The van der Waals surface area contributed by atoms with Crippen molar-refractivity contribution in [3.63, 3.8) is 0 Å². The van der Waals surface area contributed by atoms with Gasteiger partial charge in [0.15, 0.2) is 17.7 Å². The van der Waals surface area contributed by atoms with Crippen LogP contribution in [0.3, 0.4) is 0 Å². The topological polar surface area (TPSA) is 276 Å². The molecule has 6 atom stereocenters. The van der Waals surface area contributed by atoms with Gasteiger partial charge in [-0.05, 0) is 0 Å². The Bertz CT molecular complexity index is 1160. The highest BCUT2D eigenvalue weighted by Crippen LogP contribution is 2.63. The molecular formula is C14H25N6O11P3. The Hall–Kier alpha value is -1.32. The first-order chi connectivity index (χ1) is 15.7. The third-order valence-electron chi connectivity index (χ3n) is 4.65. The van der Waals surface area contributed by atoms with Crippen molar-refractivity contribution in [2.45, 2.75) is 24.5 Å². The van der Waals surface area contributed by atoms with Crippen LogP contribution in [0.15, 0.2) is 12.7 Å². The van der Waals surface area contributed by atoms with E-state index in [1.165, 1.54) is 17.2 Å². The first kappa shape index (κ1) is 27.3. The molecule has 17 nitrogen and oxygen atoms in total. The van der Waals surface area contributed by atoms with Crippen LogP contribution in [0.5, 0.6) is 0 Å². The molecule has 0 amide bonds. The van der Waals surface area contributed by atoms with Crippen molar-refractivity contribution in [1.29, 1.82) is 0 Å². The number of nitrogens with two attached hydrogens (primary N) is 2. The molecular weight excluding hydrogens is 521 g/mol. The fourth-order valence-corrected chi connectivity index (χ4v) is 9.77. The molecule has 3 rings (SSSR count). The Kier molecular flexibility index (Phi) is 8.30. The summed E-state index contributed by atoms with van der Waals surface area (Å²) in [5.41, 5.74) is 11.8. The van der Waals surface area contributed by atoms with Crippen LogP contribution in [0.25, 0.3) is 11.2 Å². The van der Waals surface area contributed by atoms with Crippen LogP contribution in [0.4, 0.5) is 5.82 Å². The Labute approximate surface area is 192 Å². The van der Waals surface area contributed by atoms with Crippen molar-refractivity contribution < 1.29 is 52.4 Å². The highest BCUT2D eigenvalue weighted by molar-refractivity contribution is 7.79. The molecule has 0 bridgehead atoms. The average molecular weight is 546 g/mol. The molecule has 2 aromatic heterocycles. The third kappa shape index (κ3) is 6.66. The minimum atomic E-state index is -4.92. The molecule has 1 aliphatic rings. The van der Waals surface area contributed by atoms with Gasteiger partial charge in [-0.2, -0.15) is 0 Å². The zero-order chi connectivity index (χ0) is 25.3. The summed E-state index contributed by atoms with van der Waals surface area (Å²) in [6, 6.07) is 0. The normalized spacial score (nSPS) is 27.0. The minimum Gasteiger partial charge on any atom is -0.387 e. The first-order valence-electron chi connectivity index (χ1n) is 9.63. The van der Waals surface area contributed by atoms with Crippen LogP contribution < -0.4 is 11.5 Å². The Morgan fingerprint density at radius 1 is 1.12 bits per heavy atom. The Morgan fingerprint density at radius 3 is 2.47 bits per heavy atom. The third-order valence-corrected chi connectivity index (χ3v) is 11.6. The monoisotopic (exact) mass is 546 g/mol. The molecule has 2 aromatic rings. The molecule has 0 spiro atoms. The number of anilines is 1. The van der Waals surface area contributed by atoms with E-state index in [1.807, 2.05) is 0 Å². The molecule has 3 heterocycles. The predicted molar refractivity (Wildman–Crippen MR) is 116 cm³/mol. The molecule has 0 aromatic carbocycles. The highest BCUT2D eigenvalue weighted by atomic mass is 31.3. The van der Waals surface area contributed by atoms with E-state index < -0.39 is 65.5 Å². The molecule has 192 valence electrons. The van der Waals surface area contributed by atoms with Crippen molar-refractivity contribution in [2.75, 3.05) is 37.3 Å². The maximum Gasteiger partial charge on any atom is 0.337 e. The number of hydrogen-bond acceptors (Lipinski definition) is 12. The van der Waals surface area contributed by atoms with Gasteiger partial charge in [0.25, 0.3) is 0 Å². The number of fused-ring (bicyclic) bond motifs is 1. The maximum absolute atomic E-state index is 12.3. The summed E-state index contributed by atoms with van der Waals surface area (Å²) in [6.45, 7) is -0.560. The minimum absolute atomic E-state index is 0.0352. The lowest BCUT2D eigenvalue weighted by molar-refractivity contribution is -0.0678. The van der Waals surface area contributed by atoms with Crippen molar-refractivity contribution in [3.05, 3.63) is 12.7 Å². The zero-order valence-electron chi connectivity index (χ0n) is 17.5. The summed E-state index contributed by atoms with van der Waals surface area (Å²) in [7, 11) is -14.4. The largest absolute Gasteiger partial charge is 0.387 e. The van der Waals surface area contributed by atoms with Gasteiger partial charge in [-0.1, -0.05) is 0 Å². The fourth-order valence-electron chi connectivity index (χ4n) is 3.36. The van der Waals surface area contributed by atoms with Crippen molar-refractivity contribution in [1.82, 2.24) is 19.5 Å². The van der Waals surface area contributed by atoms with Crippen LogP contribution in [-0.4, -0.2) is 94.1 Å². The van der Waals surface area contributed by atoms with Crippen LogP contribution in [-0.2, 0) is 27.7 Å². The highest BCUT2D eigenvalue weighted by Gasteiger charge is 2.47. The van der Waals surface area contributed by atoms with Crippen LogP contribution >= 0.6 is 22.6 Å². The maximum atomic E-state index is 12.3. The van der Waals surface area contributed by atoms with Crippen LogP contribution in [0.2, 0.25) is 0 Å². The SMILES string of the molecule is NCCO[C@@H]1[C@H](O)[C@@H](COP(=O)(O)CP(=O)(O)CP(=O)(O)O)O[C@H]1n1cnc2c(N)ncnc21. The number of imidazole rings is 1. The number of aliphatic hydroxyl groups is 1. The van der Waals surface area contributed by atoms with Crippen molar-refractivity contribution in [3.8, 4) is 0 Å². The lowest BCUT2D eigenvalue weighted by atomic mass is 10.1. The van der Waals surface area contributed by atoms with E-state index in [2.05, 4.69) is 15.0 Å². The fraction of sp³-hybridized carbons (Fsp3) is 0.643. The summed E-state index contributed by atoms with van der Waals surface area (Å²) in [5.74, 6) is -2.77. The lowest BCUT2D eigenvalue weighted by Crippen LogP contribution is -2.36. The molecule has 1 saturated heterocycles. The smallest absolute Gasteiger partial charge is 0.337 e. The summed E-state index contributed by atoms with van der Waals surface area (Å²) in [6.07, 6.45) is -2.19. The zero-order valence-corrected chi connectivity index (χ0v) is 20.2. The molecule has 2 unspecified atom stereocenters. The second-order valence-corrected chi connectivity index (χ2v) is 14.3. The number of rotatable bonds is 11. The quantitative estimate of drug-likeness (QED) is 0.159. The second-order valence-electron chi connectivity index (χ2n) is 7.49. The molecule has 34 heavy (non-hydrogen) atoms. The van der Waals surface area contributed by atoms with E-state index in [0.717, 1.165) is 0 Å². The van der Waals surface area contributed by atoms with Crippen LogP contribution in [0, 0.1) is 0 Å². The number of hydrogen-bond donors (Lipinski definition) is 7. The second kappa shape index (κ2) is 10.3. The number of aliphatic hydroxyl groups excluding tert-OH is 1. The standard InChI is InChI=1S/C14H25N6O11P3/c15-1-2-29-11-10(21)8(3-30-34(27,28)7-32(22,23)6-33(24,25)26)31-14(11)20-5-19-9-12(16)17-4-18-13(9)20/h4-5,8,10-11,14,21H,1-3,6-7,15H2,(H,22,23)(H,27,28)(H2,16,17,18)(H2,24,25,26)/t8-,10-,11-,14-/m1/s1.